The molecular formula is C31H37N7. The first kappa shape index (κ1) is 26.8. The minimum Gasteiger partial charge on any atom is -0.399 e. The van der Waals surface area contributed by atoms with Gasteiger partial charge in [-0.2, -0.15) is 5.26 Å². The van der Waals surface area contributed by atoms with Gasteiger partial charge in [0.1, 0.15) is 6.07 Å². The predicted octanol–water partition coefficient (Wildman–Crippen LogP) is 5.74. The highest BCUT2D eigenvalue weighted by Gasteiger charge is 2.07. The predicted molar refractivity (Wildman–Crippen MR) is 160 cm³/mol. The molecule has 0 saturated heterocycles. The minimum absolute atomic E-state index is 0.648. The van der Waals surface area contributed by atoms with Gasteiger partial charge < -0.3 is 30.8 Å². The Morgan fingerprint density at radius 1 is 0.789 bits per heavy atom. The summed E-state index contributed by atoms with van der Waals surface area (Å²) in [6, 6.07) is 22.0. The number of hydrogen-bond acceptors (Lipinski definition) is 5. The number of H-pyrrole nitrogens is 2. The van der Waals surface area contributed by atoms with E-state index >= 15 is 0 Å². The van der Waals surface area contributed by atoms with Crippen molar-refractivity contribution in [1.29, 1.82) is 5.26 Å². The van der Waals surface area contributed by atoms with Crippen LogP contribution in [0.15, 0.2) is 73.1 Å². The van der Waals surface area contributed by atoms with Crippen LogP contribution in [0.1, 0.15) is 16.7 Å². The summed E-state index contributed by atoms with van der Waals surface area (Å²) < 4.78 is 0. The van der Waals surface area contributed by atoms with Gasteiger partial charge in [0.15, 0.2) is 0 Å². The van der Waals surface area contributed by atoms with Crippen molar-refractivity contribution in [2.45, 2.75) is 12.8 Å². The lowest BCUT2D eigenvalue weighted by Gasteiger charge is -2.10. The summed E-state index contributed by atoms with van der Waals surface area (Å²) in [5.41, 5.74) is 14.0. The molecule has 0 bridgehead atoms. The number of nitrogens with zero attached hydrogens (tertiary/aromatic N) is 3. The molecule has 0 aliphatic carbocycles. The molecule has 5 N–H and O–H groups in total. The number of aromatic amines is 2. The monoisotopic (exact) mass is 507 g/mol. The summed E-state index contributed by atoms with van der Waals surface area (Å²) >= 11 is 0. The van der Waals surface area contributed by atoms with E-state index in [1.165, 1.54) is 21.9 Å². The van der Waals surface area contributed by atoms with Crippen LogP contribution in [0, 0.1) is 11.3 Å². The van der Waals surface area contributed by atoms with Crippen molar-refractivity contribution in [2.24, 2.45) is 0 Å². The van der Waals surface area contributed by atoms with E-state index in [0.717, 1.165) is 54.0 Å². The average Bonchev–Trinajstić information content (AvgIpc) is 3.50. The summed E-state index contributed by atoms with van der Waals surface area (Å²) in [6.45, 7) is 2.07. The first-order valence-corrected chi connectivity index (χ1v) is 12.8. The Kier molecular flexibility index (Phi) is 8.70. The lowest BCUT2D eigenvalue weighted by Crippen LogP contribution is -2.14. The van der Waals surface area contributed by atoms with Gasteiger partial charge in [0.2, 0.25) is 0 Å². The number of likely N-dealkylation sites (N-methyl/N-ethyl adjacent to an activating group) is 2. The normalized spacial score (nSPS) is 11.1. The summed E-state index contributed by atoms with van der Waals surface area (Å²) in [5.74, 6) is 0. The lowest BCUT2D eigenvalue weighted by molar-refractivity contribution is 0.414. The number of nitrogens with one attached hydrogen (secondary N) is 3. The Bertz CT molecular complexity index is 1540. The van der Waals surface area contributed by atoms with Crippen LogP contribution in [0.3, 0.4) is 0 Å². The molecule has 2 heterocycles. The Hall–Kier alpha value is -4.25. The highest BCUT2D eigenvalue weighted by atomic mass is 15.0. The number of para-hydroxylation sites is 1. The molecule has 5 rings (SSSR count). The maximum absolute atomic E-state index is 9.20. The fourth-order valence-corrected chi connectivity index (χ4v) is 4.40. The van der Waals surface area contributed by atoms with Crippen LogP contribution in [-0.2, 0) is 12.8 Å². The smallest absolute Gasteiger partial charge is 0.101 e. The number of nitriles is 1. The molecule has 0 aliphatic heterocycles. The summed E-state index contributed by atoms with van der Waals surface area (Å²) in [6.07, 6.45) is 6.22. The molecule has 0 atom stereocenters. The van der Waals surface area contributed by atoms with Crippen molar-refractivity contribution in [3.8, 4) is 6.07 Å². The SMILES string of the molecule is CN(C)CCc1c[nH]c2ccc(N)cc12.CN(C)CCc1c[nH]c2ccc(Nc3ccccc3C#N)cc12. The quantitative estimate of drug-likeness (QED) is 0.201. The number of anilines is 3. The molecule has 3 aromatic carbocycles. The zero-order valence-corrected chi connectivity index (χ0v) is 22.7. The van der Waals surface area contributed by atoms with Gasteiger partial charge in [-0.25, -0.2) is 0 Å². The van der Waals surface area contributed by atoms with Crippen LogP contribution in [0.25, 0.3) is 21.8 Å². The fraction of sp³-hybridized carbons (Fsp3) is 0.258. The summed E-state index contributed by atoms with van der Waals surface area (Å²) in [7, 11) is 8.34. The Balaban J connectivity index is 0.000000194. The summed E-state index contributed by atoms with van der Waals surface area (Å²) in [4.78, 5) is 11.0. The van der Waals surface area contributed by atoms with Gasteiger partial charge in [0.25, 0.3) is 0 Å². The third-order valence-electron chi connectivity index (χ3n) is 6.54. The number of rotatable bonds is 8. The van der Waals surface area contributed by atoms with Crippen LogP contribution in [0.4, 0.5) is 17.1 Å². The van der Waals surface area contributed by atoms with Crippen molar-refractivity contribution in [3.05, 3.63) is 89.7 Å². The Morgan fingerprint density at radius 3 is 1.97 bits per heavy atom. The average molecular weight is 508 g/mol. The molecule has 2 aromatic heterocycles. The molecule has 7 nitrogen and oxygen atoms in total. The van der Waals surface area contributed by atoms with Crippen LogP contribution < -0.4 is 11.1 Å². The number of hydrogen-bond donors (Lipinski definition) is 4. The molecule has 0 radical (unpaired) electrons. The number of benzene rings is 3. The fourth-order valence-electron chi connectivity index (χ4n) is 4.40. The topological polar surface area (TPSA) is 99.9 Å². The molecule has 0 aliphatic rings. The van der Waals surface area contributed by atoms with Crippen LogP contribution in [0.2, 0.25) is 0 Å². The highest BCUT2D eigenvalue weighted by Crippen LogP contribution is 2.26. The molecule has 0 spiro atoms. The zero-order chi connectivity index (χ0) is 27.1. The van der Waals surface area contributed by atoms with E-state index in [2.05, 4.69) is 83.9 Å². The number of fused-ring (bicyclic) bond motifs is 2. The van der Waals surface area contributed by atoms with Crippen LogP contribution in [-0.4, -0.2) is 61.0 Å². The van der Waals surface area contributed by atoms with E-state index in [1.54, 1.807) is 0 Å². The van der Waals surface area contributed by atoms with Crippen LogP contribution >= 0.6 is 0 Å². The van der Waals surface area contributed by atoms with Crippen molar-refractivity contribution >= 4 is 38.9 Å². The maximum Gasteiger partial charge on any atom is 0.101 e. The second-order valence-corrected chi connectivity index (χ2v) is 10.1. The Morgan fingerprint density at radius 2 is 1.37 bits per heavy atom. The number of nitrogen functional groups attached to an aromatic ring is 1. The van der Waals surface area contributed by atoms with E-state index in [9.17, 15) is 5.26 Å². The van der Waals surface area contributed by atoms with Crippen molar-refractivity contribution < 1.29 is 0 Å². The van der Waals surface area contributed by atoms with Gasteiger partial charge >= 0.3 is 0 Å². The standard InChI is InChI=1S/C19H20N4.C12H17N3/c1-23(2)10-9-15-13-21-19-8-7-16(11-17(15)19)22-18-6-4-3-5-14(18)12-20;1-15(2)6-5-9-8-14-12-4-3-10(13)7-11(9)12/h3-8,11,13,21-22H,9-10H2,1-2H3;3-4,7-8,14H,5-6,13H2,1-2H3. The summed E-state index contributed by atoms with van der Waals surface area (Å²) in [5, 5.41) is 15.0. The third-order valence-corrected chi connectivity index (χ3v) is 6.54. The van der Waals surface area contributed by atoms with Gasteiger partial charge in [0, 0.05) is 58.7 Å². The second kappa shape index (κ2) is 12.3. The molecule has 0 saturated carbocycles. The van der Waals surface area contributed by atoms with Crippen LogP contribution in [0.5, 0.6) is 0 Å². The molecule has 38 heavy (non-hydrogen) atoms. The first-order chi connectivity index (χ1) is 18.3. The van der Waals surface area contributed by atoms with Crippen molar-refractivity contribution in [3.63, 3.8) is 0 Å². The van der Waals surface area contributed by atoms with E-state index < -0.39 is 0 Å². The first-order valence-electron chi connectivity index (χ1n) is 12.8. The molecule has 5 aromatic rings. The lowest BCUT2D eigenvalue weighted by atomic mass is 10.1. The van der Waals surface area contributed by atoms with Gasteiger partial charge in [-0.3, -0.25) is 0 Å². The number of nitrogens with two attached hydrogens (primary N) is 1. The van der Waals surface area contributed by atoms with Gasteiger partial charge in [-0.1, -0.05) is 12.1 Å². The Labute approximate surface area is 224 Å². The van der Waals surface area contributed by atoms with Gasteiger partial charge in [-0.05, 0) is 101 Å². The van der Waals surface area contributed by atoms with E-state index in [0.29, 0.717) is 5.56 Å². The molecule has 196 valence electrons. The molecule has 0 amide bonds. The molecule has 7 heteroatoms. The third kappa shape index (κ3) is 6.74. The van der Waals surface area contributed by atoms with Gasteiger partial charge in [0.05, 0.1) is 11.3 Å². The van der Waals surface area contributed by atoms with E-state index in [4.69, 9.17) is 5.73 Å². The highest BCUT2D eigenvalue weighted by molar-refractivity contribution is 5.88. The second-order valence-electron chi connectivity index (χ2n) is 10.1. The van der Waals surface area contributed by atoms with Crippen molar-refractivity contribution in [2.75, 3.05) is 52.3 Å². The van der Waals surface area contributed by atoms with Crippen molar-refractivity contribution in [1.82, 2.24) is 19.8 Å². The molecule has 0 unspecified atom stereocenters. The molecular weight excluding hydrogens is 470 g/mol. The minimum atomic E-state index is 0.648. The maximum atomic E-state index is 9.20. The zero-order valence-electron chi connectivity index (χ0n) is 22.7. The van der Waals surface area contributed by atoms with E-state index in [1.807, 2.05) is 48.5 Å². The van der Waals surface area contributed by atoms with E-state index in [-0.39, 0.29) is 0 Å². The largest absolute Gasteiger partial charge is 0.399 e. The van der Waals surface area contributed by atoms with Gasteiger partial charge in [-0.15, -0.1) is 0 Å². The number of aromatic nitrogens is 2. The molecule has 0 fully saturated rings.